The Labute approximate surface area is 159 Å². The Hall–Kier alpha value is -2.75. The maximum Gasteiger partial charge on any atom is 0.411 e. The average molecular weight is 371 g/mol. The summed E-state index contributed by atoms with van der Waals surface area (Å²) in [5.41, 5.74) is -0.601. The van der Waals surface area contributed by atoms with Gasteiger partial charge in [0, 0.05) is 6.54 Å². The second-order valence-electron chi connectivity index (χ2n) is 8.12. The third-order valence-electron chi connectivity index (χ3n) is 4.95. The van der Waals surface area contributed by atoms with Gasteiger partial charge in [0.15, 0.2) is 5.54 Å². The molecule has 7 nitrogen and oxygen atoms in total. The molecule has 2 atom stereocenters. The van der Waals surface area contributed by atoms with Crippen molar-refractivity contribution in [2.45, 2.75) is 50.9 Å². The number of nitrogens with zero attached hydrogens (tertiary/aromatic N) is 3. The van der Waals surface area contributed by atoms with E-state index in [-0.39, 0.29) is 18.5 Å². The van der Waals surface area contributed by atoms with Crippen molar-refractivity contribution >= 4 is 12.0 Å². The molecule has 1 spiro atoms. The molecule has 0 aromatic heterocycles. The Morgan fingerprint density at radius 3 is 2.52 bits per heavy atom. The van der Waals surface area contributed by atoms with Crippen LogP contribution in [0, 0.1) is 6.57 Å². The third kappa shape index (κ3) is 3.57. The molecule has 2 saturated heterocycles. The van der Waals surface area contributed by atoms with Crippen molar-refractivity contribution in [1.82, 2.24) is 9.80 Å². The number of methoxy groups -OCH3 is 1. The summed E-state index contributed by atoms with van der Waals surface area (Å²) in [5.74, 6) is 0.646. The van der Waals surface area contributed by atoms with Crippen LogP contribution in [0.5, 0.6) is 5.75 Å². The van der Waals surface area contributed by atoms with Gasteiger partial charge in [0.1, 0.15) is 17.9 Å². The molecule has 2 aliphatic rings. The quantitative estimate of drug-likeness (QED) is 0.605. The maximum absolute atomic E-state index is 13.0. The molecular formula is C20H25N3O4. The first-order valence-corrected chi connectivity index (χ1v) is 8.98. The number of rotatable bonds is 3. The summed E-state index contributed by atoms with van der Waals surface area (Å²) in [5, 5.41) is 0. The van der Waals surface area contributed by atoms with Crippen LogP contribution in [0.2, 0.25) is 0 Å². The Kier molecular flexibility index (Phi) is 4.77. The topological polar surface area (TPSA) is 63.4 Å². The van der Waals surface area contributed by atoms with Gasteiger partial charge in [-0.25, -0.2) is 11.4 Å². The van der Waals surface area contributed by atoms with Gasteiger partial charge in [0.2, 0.25) is 6.04 Å². The van der Waals surface area contributed by atoms with Gasteiger partial charge in [-0.15, -0.1) is 0 Å². The van der Waals surface area contributed by atoms with Crippen molar-refractivity contribution in [3.63, 3.8) is 0 Å². The van der Waals surface area contributed by atoms with Gasteiger partial charge < -0.3 is 19.2 Å². The average Bonchev–Trinajstić information content (AvgIpc) is 3.02. The van der Waals surface area contributed by atoms with Gasteiger partial charge in [-0.1, -0.05) is 12.1 Å². The lowest BCUT2D eigenvalue weighted by Crippen LogP contribution is -2.72. The van der Waals surface area contributed by atoms with E-state index in [2.05, 4.69) is 4.85 Å². The highest BCUT2D eigenvalue weighted by Gasteiger charge is 2.64. The van der Waals surface area contributed by atoms with Crippen molar-refractivity contribution in [1.29, 1.82) is 0 Å². The first kappa shape index (κ1) is 19.0. The van der Waals surface area contributed by atoms with Crippen LogP contribution in [0.1, 0.15) is 32.8 Å². The molecule has 144 valence electrons. The van der Waals surface area contributed by atoms with Crippen LogP contribution in [-0.2, 0) is 16.1 Å². The lowest BCUT2D eigenvalue weighted by molar-refractivity contribution is -0.161. The number of hydrogen-bond acceptors (Lipinski definition) is 4. The minimum atomic E-state index is -0.940. The molecule has 2 amide bonds. The van der Waals surface area contributed by atoms with E-state index in [1.165, 1.54) is 4.90 Å². The summed E-state index contributed by atoms with van der Waals surface area (Å²) in [4.78, 5) is 32.4. The molecule has 27 heavy (non-hydrogen) atoms. The molecule has 2 heterocycles. The molecule has 1 unspecified atom stereocenters. The van der Waals surface area contributed by atoms with Crippen LogP contribution in [0.3, 0.4) is 0 Å². The van der Waals surface area contributed by atoms with Crippen LogP contribution in [-0.4, -0.2) is 59.2 Å². The molecule has 0 N–H and O–H groups in total. The molecule has 2 aliphatic heterocycles. The SMILES string of the molecule is [C-]#[N+][C@@H]1CN(C(=O)OC(C)(C)C)C2(C1)CN(Cc1ccc(OC)cc1)C2=O. The lowest BCUT2D eigenvalue weighted by atomic mass is 9.84. The summed E-state index contributed by atoms with van der Waals surface area (Å²) >= 11 is 0. The molecule has 0 bridgehead atoms. The third-order valence-corrected chi connectivity index (χ3v) is 4.95. The highest BCUT2D eigenvalue weighted by atomic mass is 16.6. The van der Waals surface area contributed by atoms with Crippen LogP contribution in [0.15, 0.2) is 24.3 Å². The van der Waals surface area contributed by atoms with Gasteiger partial charge in [0.05, 0.1) is 20.1 Å². The van der Waals surface area contributed by atoms with Crippen LogP contribution >= 0.6 is 0 Å². The Morgan fingerprint density at radius 1 is 1.33 bits per heavy atom. The molecule has 0 aliphatic carbocycles. The van der Waals surface area contributed by atoms with E-state index in [1.807, 2.05) is 24.3 Å². The minimum Gasteiger partial charge on any atom is -0.497 e. The fraction of sp³-hybridized carbons (Fsp3) is 0.550. The number of ether oxygens (including phenoxy) is 2. The summed E-state index contributed by atoms with van der Waals surface area (Å²) in [6.45, 7) is 13.8. The van der Waals surface area contributed by atoms with Crippen molar-refractivity contribution in [2.24, 2.45) is 0 Å². The second kappa shape index (κ2) is 6.76. The number of likely N-dealkylation sites (tertiary alicyclic amines) is 2. The van der Waals surface area contributed by atoms with E-state index in [9.17, 15) is 9.59 Å². The number of β-lactam (4-membered cyclic amide) rings is 1. The predicted molar refractivity (Wildman–Crippen MR) is 99.1 cm³/mol. The molecule has 1 aromatic carbocycles. The normalized spacial score (nSPS) is 24.6. The summed E-state index contributed by atoms with van der Waals surface area (Å²) < 4.78 is 10.6. The van der Waals surface area contributed by atoms with Gasteiger partial charge in [0.25, 0.3) is 5.91 Å². The monoisotopic (exact) mass is 371 g/mol. The van der Waals surface area contributed by atoms with Crippen molar-refractivity contribution in [3.8, 4) is 5.75 Å². The highest BCUT2D eigenvalue weighted by molar-refractivity contribution is 5.96. The fourth-order valence-corrected chi connectivity index (χ4v) is 3.69. The molecule has 7 heteroatoms. The zero-order valence-corrected chi connectivity index (χ0v) is 16.2. The first-order valence-electron chi connectivity index (χ1n) is 8.98. The molecule has 0 radical (unpaired) electrons. The number of carbonyl (C=O) groups excluding carboxylic acids is 2. The number of carbonyl (C=O) groups is 2. The van der Waals surface area contributed by atoms with E-state index < -0.39 is 17.2 Å². The maximum atomic E-state index is 13.0. The fourth-order valence-electron chi connectivity index (χ4n) is 3.69. The zero-order valence-electron chi connectivity index (χ0n) is 16.2. The van der Waals surface area contributed by atoms with Gasteiger partial charge in [-0.3, -0.25) is 9.69 Å². The van der Waals surface area contributed by atoms with Crippen LogP contribution in [0.25, 0.3) is 4.85 Å². The number of benzene rings is 1. The molecule has 1 aromatic rings. The summed E-state index contributed by atoms with van der Waals surface area (Å²) in [6.07, 6.45) is -0.153. The predicted octanol–water partition coefficient (Wildman–Crippen LogP) is 2.70. The summed E-state index contributed by atoms with van der Waals surface area (Å²) in [6, 6.07) is 7.17. The Balaban J connectivity index is 1.73. The standard InChI is InChI=1S/C20H25N3O4/c1-19(2,3)27-18(25)23-12-15(21-4)10-20(23)13-22(17(20)24)11-14-6-8-16(26-5)9-7-14/h6-9,15H,10-13H2,1-3,5H3/t15-,20?/m0/s1. The largest absolute Gasteiger partial charge is 0.497 e. The van der Waals surface area contributed by atoms with Gasteiger partial charge >= 0.3 is 6.09 Å². The minimum absolute atomic E-state index is 0.115. The highest BCUT2D eigenvalue weighted by Crippen LogP contribution is 2.41. The lowest BCUT2D eigenvalue weighted by Gasteiger charge is -2.50. The van der Waals surface area contributed by atoms with Gasteiger partial charge in [-0.05, 0) is 38.5 Å². The van der Waals surface area contributed by atoms with Crippen molar-refractivity contribution in [2.75, 3.05) is 20.2 Å². The van der Waals surface area contributed by atoms with Crippen LogP contribution < -0.4 is 4.74 Å². The molecule has 0 saturated carbocycles. The second-order valence-corrected chi connectivity index (χ2v) is 8.12. The summed E-state index contributed by atoms with van der Waals surface area (Å²) in [7, 11) is 1.61. The zero-order chi connectivity index (χ0) is 19.8. The van der Waals surface area contributed by atoms with E-state index in [0.717, 1.165) is 11.3 Å². The van der Waals surface area contributed by atoms with E-state index in [1.54, 1.807) is 32.8 Å². The van der Waals surface area contributed by atoms with E-state index in [0.29, 0.717) is 19.5 Å². The van der Waals surface area contributed by atoms with E-state index >= 15 is 0 Å². The smallest absolute Gasteiger partial charge is 0.411 e. The Bertz CT molecular complexity index is 778. The van der Waals surface area contributed by atoms with Crippen molar-refractivity contribution in [3.05, 3.63) is 41.2 Å². The van der Waals surface area contributed by atoms with Crippen LogP contribution in [0.4, 0.5) is 4.79 Å². The molecular weight excluding hydrogens is 346 g/mol. The molecule has 3 rings (SSSR count). The first-order chi connectivity index (χ1) is 12.7. The molecule has 2 fully saturated rings. The Morgan fingerprint density at radius 2 is 2.00 bits per heavy atom. The van der Waals surface area contributed by atoms with Crippen molar-refractivity contribution < 1.29 is 19.1 Å². The van der Waals surface area contributed by atoms with E-state index in [4.69, 9.17) is 16.0 Å². The number of amides is 2. The number of hydrogen-bond donors (Lipinski definition) is 0. The van der Waals surface area contributed by atoms with Gasteiger partial charge in [-0.2, -0.15) is 0 Å².